The second-order valence-corrected chi connectivity index (χ2v) is 10.3. The maximum absolute atomic E-state index is 13.8. The van der Waals surface area contributed by atoms with Gasteiger partial charge in [0.1, 0.15) is 10.0 Å². The first-order valence-electron chi connectivity index (χ1n) is 8.46. The van der Waals surface area contributed by atoms with Crippen LogP contribution in [0.2, 0.25) is 4.34 Å². The lowest BCUT2D eigenvalue weighted by Gasteiger charge is -2.22. The molecule has 138 valence electrons. The zero-order valence-electron chi connectivity index (χ0n) is 13.9. The monoisotopic (exact) mass is 412 g/mol. The Kier molecular flexibility index (Phi) is 4.81. The van der Waals surface area contributed by atoms with E-state index in [0.717, 1.165) is 54.6 Å². The molecule has 2 aromatic heterocycles. The molecule has 26 heavy (non-hydrogen) atoms. The van der Waals surface area contributed by atoms with Crippen molar-refractivity contribution in [3.63, 3.8) is 0 Å². The van der Waals surface area contributed by atoms with Crippen molar-refractivity contribution in [2.45, 2.75) is 23.5 Å². The fraction of sp³-hybridized carbons (Fsp3) is 0.333. The van der Waals surface area contributed by atoms with Crippen molar-refractivity contribution in [3.8, 4) is 0 Å². The number of halogens is 2. The van der Waals surface area contributed by atoms with Crippen LogP contribution < -0.4 is 5.32 Å². The Hall–Kier alpha value is -1.41. The highest BCUT2D eigenvalue weighted by Crippen LogP contribution is 2.33. The molecule has 1 aliphatic rings. The Balaban J connectivity index is 1.82. The van der Waals surface area contributed by atoms with Gasteiger partial charge in [-0.3, -0.25) is 0 Å². The topological polar surface area (TPSA) is 51.1 Å². The number of piperidine rings is 1. The molecule has 8 heteroatoms. The molecule has 1 N–H and O–H groups in total. The summed E-state index contributed by atoms with van der Waals surface area (Å²) in [6.45, 7) is 1.95. The van der Waals surface area contributed by atoms with Gasteiger partial charge in [0.2, 0.25) is 0 Å². The third kappa shape index (κ3) is 3.29. The lowest BCUT2D eigenvalue weighted by atomic mass is 9.91. The van der Waals surface area contributed by atoms with Gasteiger partial charge in [-0.05, 0) is 74.2 Å². The molecule has 3 heterocycles. The number of benzene rings is 1. The van der Waals surface area contributed by atoms with Gasteiger partial charge in [0.25, 0.3) is 10.0 Å². The normalized spacial score (nSPS) is 16.4. The molecule has 0 bridgehead atoms. The second kappa shape index (κ2) is 6.96. The summed E-state index contributed by atoms with van der Waals surface area (Å²) < 4.78 is 41.7. The number of fused-ring (bicyclic) bond motifs is 1. The van der Waals surface area contributed by atoms with Crippen molar-refractivity contribution in [2.75, 3.05) is 13.1 Å². The first kappa shape index (κ1) is 18.0. The Morgan fingerprint density at radius 3 is 2.69 bits per heavy atom. The van der Waals surface area contributed by atoms with Crippen LogP contribution in [0.4, 0.5) is 4.39 Å². The first-order chi connectivity index (χ1) is 12.4. The molecule has 0 radical (unpaired) electrons. The van der Waals surface area contributed by atoms with E-state index in [1.165, 1.54) is 22.2 Å². The van der Waals surface area contributed by atoms with Gasteiger partial charge in [0.05, 0.1) is 9.85 Å². The van der Waals surface area contributed by atoms with Crippen LogP contribution in [0.5, 0.6) is 0 Å². The van der Waals surface area contributed by atoms with Crippen molar-refractivity contribution < 1.29 is 12.8 Å². The van der Waals surface area contributed by atoms with Gasteiger partial charge in [-0.25, -0.2) is 8.36 Å². The van der Waals surface area contributed by atoms with E-state index in [1.54, 1.807) is 18.3 Å². The molecule has 1 saturated heterocycles. The Morgan fingerprint density at radius 1 is 1.23 bits per heavy atom. The van der Waals surface area contributed by atoms with Crippen LogP contribution in [0.3, 0.4) is 0 Å². The van der Waals surface area contributed by atoms with E-state index in [2.05, 4.69) is 5.32 Å². The molecule has 4 rings (SSSR count). The van der Waals surface area contributed by atoms with E-state index < -0.39 is 15.8 Å². The molecule has 1 aliphatic heterocycles. The van der Waals surface area contributed by atoms with Gasteiger partial charge >= 0.3 is 0 Å². The van der Waals surface area contributed by atoms with Crippen molar-refractivity contribution in [1.82, 2.24) is 9.29 Å². The Bertz CT molecular complexity index is 1050. The number of hydrogen-bond acceptors (Lipinski definition) is 4. The highest BCUT2D eigenvalue weighted by molar-refractivity contribution is 7.92. The standard InChI is InChI=1S/C18H18ClFN2O2S2/c19-17-3-4-18(25-17)26(23,24)22-11-13(9-12-5-7-21-8-6-12)15-2-1-14(20)10-16(15)22/h1-4,10-12,21H,5-9H2. The number of nitrogens with zero attached hydrogens (tertiary/aromatic N) is 1. The minimum Gasteiger partial charge on any atom is -0.317 e. The van der Waals surface area contributed by atoms with Crippen LogP contribution in [-0.4, -0.2) is 25.5 Å². The van der Waals surface area contributed by atoms with E-state index in [0.29, 0.717) is 15.8 Å². The third-order valence-corrected chi connectivity index (χ3v) is 8.22. The maximum atomic E-state index is 13.8. The number of nitrogens with one attached hydrogen (secondary N) is 1. The summed E-state index contributed by atoms with van der Waals surface area (Å²) in [5.74, 6) is 0.0453. The van der Waals surface area contributed by atoms with E-state index in [-0.39, 0.29) is 4.21 Å². The summed E-state index contributed by atoms with van der Waals surface area (Å²) in [5, 5.41) is 4.12. The molecular weight excluding hydrogens is 395 g/mol. The van der Waals surface area contributed by atoms with Crippen LogP contribution >= 0.6 is 22.9 Å². The van der Waals surface area contributed by atoms with Crippen molar-refractivity contribution in [3.05, 3.63) is 52.2 Å². The van der Waals surface area contributed by atoms with Crippen molar-refractivity contribution in [1.29, 1.82) is 0 Å². The number of aromatic nitrogens is 1. The molecule has 0 atom stereocenters. The van der Waals surface area contributed by atoms with Crippen molar-refractivity contribution in [2.24, 2.45) is 5.92 Å². The Morgan fingerprint density at radius 2 is 2.00 bits per heavy atom. The SMILES string of the molecule is O=S(=O)(c1ccc(Cl)s1)n1cc(CC2CCNCC2)c2ccc(F)cc21. The fourth-order valence-electron chi connectivity index (χ4n) is 3.53. The van der Waals surface area contributed by atoms with Gasteiger partial charge in [0.15, 0.2) is 0 Å². The van der Waals surface area contributed by atoms with E-state index >= 15 is 0 Å². The molecule has 0 saturated carbocycles. The van der Waals surface area contributed by atoms with Crippen LogP contribution in [0.1, 0.15) is 18.4 Å². The van der Waals surface area contributed by atoms with Crippen LogP contribution in [0.15, 0.2) is 40.7 Å². The summed E-state index contributed by atoms with van der Waals surface area (Å²) in [7, 11) is -3.81. The molecule has 0 spiro atoms. The lowest BCUT2D eigenvalue weighted by molar-refractivity contribution is 0.373. The zero-order valence-corrected chi connectivity index (χ0v) is 16.3. The van der Waals surface area contributed by atoms with Gasteiger partial charge in [-0.1, -0.05) is 11.6 Å². The van der Waals surface area contributed by atoms with Gasteiger partial charge in [-0.15, -0.1) is 11.3 Å². The number of rotatable bonds is 4. The van der Waals surface area contributed by atoms with Gasteiger partial charge in [0, 0.05) is 11.6 Å². The summed E-state index contributed by atoms with van der Waals surface area (Å²) in [6, 6.07) is 7.39. The van der Waals surface area contributed by atoms with Crippen molar-refractivity contribution >= 4 is 43.9 Å². The molecule has 1 aromatic carbocycles. The molecule has 0 unspecified atom stereocenters. The summed E-state index contributed by atoms with van der Waals surface area (Å²) >= 11 is 6.91. The average molecular weight is 413 g/mol. The number of hydrogen-bond donors (Lipinski definition) is 1. The Labute approximate surface area is 160 Å². The second-order valence-electron chi connectivity index (χ2n) is 6.57. The van der Waals surface area contributed by atoms with Crippen LogP contribution in [0.25, 0.3) is 10.9 Å². The third-order valence-electron chi connectivity index (χ3n) is 4.85. The van der Waals surface area contributed by atoms with Crippen LogP contribution in [0, 0.1) is 11.7 Å². The maximum Gasteiger partial charge on any atom is 0.277 e. The highest BCUT2D eigenvalue weighted by atomic mass is 35.5. The zero-order chi connectivity index (χ0) is 18.3. The van der Waals surface area contributed by atoms with Gasteiger partial charge in [-0.2, -0.15) is 8.42 Å². The minimum absolute atomic E-state index is 0.150. The lowest BCUT2D eigenvalue weighted by Crippen LogP contribution is -2.28. The van der Waals surface area contributed by atoms with E-state index in [9.17, 15) is 12.8 Å². The molecule has 1 fully saturated rings. The first-order valence-corrected chi connectivity index (χ1v) is 11.1. The largest absolute Gasteiger partial charge is 0.317 e. The summed E-state index contributed by atoms with van der Waals surface area (Å²) in [5.41, 5.74) is 1.32. The van der Waals surface area contributed by atoms with Crippen LogP contribution in [-0.2, 0) is 16.4 Å². The highest BCUT2D eigenvalue weighted by Gasteiger charge is 2.24. The molecule has 0 amide bonds. The average Bonchev–Trinajstić information content (AvgIpc) is 3.20. The molecule has 0 aliphatic carbocycles. The minimum atomic E-state index is -3.81. The summed E-state index contributed by atoms with van der Waals surface area (Å²) in [6.07, 6.45) is 4.55. The predicted octanol–water partition coefficient (Wildman–Crippen LogP) is 4.27. The molecule has 4 nitrogen and oxygen atoms in total. The van der Waals surface area contributed by atoms with E-state index in [4.69, 9.17) is 11.6 Å². The van der Waals surface area contributed by atoms with E-state index in [1.807, 2.05) is 0 Å². The smallest absolute Gasteiger partial charge is 0.277 e. The fourth-order valence-corrected chi connectivity index (χ4v) is 6.49. The molecule has 3 aromatic rings. The predicted molar refractivity (Wildman–Crippen MR) is 103 cm³/mol. The quantitative estimate of drug-likeness (QED) is 0.696. The number of thiophene rings is 1. The summed E-state index contributed by atoms with van der Waals surface area (Å²) in [4.78, 5) is 0. The molecular formula is C18H18ClFN2O2S2. The van der Waals surface area contributed by atoms with Gasteiger partial charge < -0.3 is 5.32 Å².